The van der Waals surface area contributed by atoms with Gasteiger partial charge in [0.2, 0.25) is 0 Å². The average molecular weight is 151 g/mol. The molecule has 0 bridgehead atoms. The normalized spacial score (nSPS) is 27.3. The lowest BCUT2D eigenvalue weighted by Gasteiger charge is -2.19. The summed E-state index contributed by atoms with van der Waals surface area (Å²) in [5.41, 5.74) is 4.88. The molecule has 1 aliphatic heterocycles. The van der Waals surface area contributed by atoms with Crippen molar-refractivity contribution >= 4 is 0 Å². The van der Waals surface area contributed by atoms with E-state index in [1.165, 1.54) is 0 Å². The Labute approximate surface area is 58.3 Å². The molecular formula is C6H11F2NO. The number of alkyl halides is 2. The van der Waals surface area contributed by atoms with Crippen molar-refractivity contribution in [3.63, 3.8) is 0 Å². The van der Waals surface area contributed by atoms with Crippen LogP contribution in [0.3, 0.4) is 0 Å². The maximum absolute atomic E-state index is 12.7. The zero-order valence-corrected chi connectivity index (χ0v) is 5.65. The second-order valence-corrected chi connectivity index (χ2v) is 2.53. The summed E-state index contributed by atoms with van der Waals surface area (Å²) in [6.45, 7) is 0.0332. The molecule has 0 radical (unpaired) electrons. The summed E-state index contributed by atoms with van der Waals surface area (Å²) in [5.74, 6) is -3.38. The van der Waals surface area contributed by atoms with Crippen LogP contribution in [-0.2, 0) is 4.74 Å². The van der Waals surface area contributed by atoms with E-state index < -0.39 is 18.4 Å². The summed E-state index contributed by atoms with van der Waals surface area (Å²) in [6, 6.07) is 0. The minimum atomic E-state index is -2.73. The first kappa shape index (κ1) is 7.88. The lowest BCUT2D eigenvalue weighted by Crippen LogP contribution is -2.36. The van der Waals surface area contributed by atoms with Crippen molar-refractivity contribution in [2.75, 3.05) is 19.8 Å². The van der Waals surface area contributed by atoms with Crippen molar-refractivity contribution in [3.05, 3.63) is 0 Å². The van der Waals surface area contributed by atoms with Gasteiger partial charge in [0.15, 0.2) is 0 Å². The summed E-state index contributed by atoms with van der Waals surface area (Å²) in [6.07, 6.45) is 0.435. The zero-order valence-electron chi connectivity index (χ0n) is 5.65. The molecule has 60 valence electrons. The Balaban J connectivity index is 2.45. The van der Waals surface area contributed by atoms with E-state index in [0.29, 0.717) is 13.0 Å². The van der Waals surface area contributed by atoms with Crippen molar-refractivity contribution in [1.29, 1.82) is 0 Å². The molecule has 10 heavy (non-hydrogen) atoms. The lowest BCUT2D eigenvalue weighted by atomic mass is 10.0. The Bertz CT molecular complexity index is 112. The van der Waals surface area contributed by atoms with Crippen LogP contribution in [0.2, 0.25) is 0 Å². The van der Waals surface area contributed by atoms with Crippen molar-refractivity contribution in [1.82, 2.24) is 0 Å². The quantitative estimate of drug-likeness (QED) is 0.627. The molecule has 1 fully saturated rings. The van der Waals surface area contributed by atoms with Gasteiger partial charge in [-0.15, -0.1) is 0 Å². The highest BCUT2D eigenvalue weighted by atomic mass is 19.3. The predicted molar refractivity (Wildman–Crippen MR) is 32.9 cm³/mol. The summed E-state index contributed by atoms with van der Waals surface area (Å²) >= 11 is 0. The van der Waals surface area contributed by atoms with E-state index in [1.807, 2.05) is 0 Å². The minimum Gasteiger partial charge on any atom is -0.381 e. The van der Waals surface area contributed by atoms with Crippen LogP contribution in [0.25, 0.3) is 0 Å². The fourth-order valence-electron chi connectivity index (χ4n) is 1.03. The van der Waals surface area contributed by atoms with Gasteiger partial charge in [-0.25, -0.2) is 8.78 Å². The molecular weight excluding hydrogens is 140 g/mol. The highest BCUT2D eigenvalue weighted by molar-refractivity contribution is 4.80. The fraction of sp³-hybridized carbons (Fsp3) is 1.00. The molecule has 2 nitrogen and oxygen atoms in total. The van der Waals surface area contributed by atoms with Crippen molar-refractivity contribution in [2.24, 2.45) is 11.7 Å². The topological polar surface area (TPSA) is 35.2 Å². The number of hydrogen-bond acceptors (Lipinski definition) is 2. The summed E-state index contributed by atoms with van der Waals surface area (Å²) in [7, 11) is 0. The van der Waals surface area contributed by atoms with E-state index in [2.05, 4.69) is 0 Å². The first-order chi connectivity index (χ1) is 4.67. The van der Waals surface area contributed by atoms with E-state index in [0.717, 1.165) is 0 Å². The van der Waals surface area contributed by atoms with Crippen molar-refractivity contribution < 1.29 is 13.5 Å². The van der Waals surface area contributed by atoms with Crippen LogP contribution >= 0.6 is 0 Å². The van der Waals surface area contributed by atoms with E-state index in [1.54, 1.807) is 0 Å². The molecule has 1 saturated heterocycles. The smallest absolute Gasteiger partial charge is 0.265 e. The van der Waals surface area contributed by atoms with Gasteiger partial charge in [0.1, 0.15) is 0 Å². The Kier molecular flexibility index (Phi) is 2.21. The second kappa shape index (κ2) is 2.80. The molecule has 1 atom stereocenters. The van der Waals surface area contributed by atoms with Gasteiger partial charge in [0.25, 0.3) is 5.92 Å². The van der Waals surface area contributed by atoms with Crippen LogP contribution in [-0.4, -0.2) is 25.7 Å². The number of halogens is 2. The number of ether oxygens (including phenoxy) is 1. The molecule has 0 saturated carbocycles. The van der Waals surface area contributed by atoms with Crippen LogP contribution in [0.4, 0.5) is 8.78 Å². The lowest BCUT2D eigenvalue weighted by molar-refractivity contribution is -0.0503. The van der Waals surface area contributed by atoms with Crippen LogP contribution < -0.4 is 5.73 Å². The molecule has 2 N–H and O–H groups in total. The van der Waals surface area contributed by atoms with E-state index in [-0.39, 0.29) is 6.61 Å². The third kappa shape index (κ3) is 1.44. The first-order valence-electron chi connectivity index (χ1n) is 3.32. The molecule has 1 rings (SSSR count). The molecule has 1 aliphatic rings. The summed E-state index contributed by atoms with van der Waals surface area (Å²) < 4.78 is 30.1. The minimum absolute atomic E-state index is 0.157. The molecule has 1 heterocycles. The van der Waals surface area contributed by atoms with Crippen molar-refractivity contribution in [2.45, 2.75) is 12.3 Å². The first-order valence-corrected chi connectivity index (χ1v) is 3.32. The van der Waals surface area contributed by atoms with Gasteiger partial charge in [-0.3, -0.25) is 0 Å². The highest BCUT2D eigenvalue weighted by Gasteiger charge is 2.40. The maximum atomic E-state index is 12.7. The van der Waals surface area contributed by atoms with E-state index >= 15 is 0 Å². The van der Waals surface area contributed by atoms with Crippen LogP contribution in [0.15, 0.2) is 0 Å². The molecule has 0 aliphatic carbocycles. The van der Waals surface area contributed by atoms with Crippen LogP contribution in [0.5, 0.6) is 0 Å². The van der Waals surface area contributed by atoms with Crippen LogP contribution in [0, 0.1) is 5.92 Å². The van der Waals surface area contributed by atoms with Gasteiger partial charge >= 0.3 is 0 Å². The standard InChI is InChI=1S/C6H11F2NO/c7-6(8,4-9)5-1-2-10-3-5/h5H,1-4,9H2. The van der Waals surface area contributed by atoms with Gasteiger partial charge < -0.3 is 10.5 Å². The molecule has 0 aromatic heterocycles. The Morgan fingerprint density at radius 3 is 2.70 bits per heavy atom. The van der Waals surface area contributed by atoms with E-state index in [9.17, 15) is 8.78 Å². The number of rotatable bonds is 2. The molecule has 0 spiro atoms. The third-order valence-electron chi connectivity index (χ3n) is 1.80. The second-order valence-electron chi connectivity index (χ2n) is 2.53. The predicted octanol–water partition coefficient (Wildman–Crippen LogP) is 0.617. The Hall–Kier alpha value is -0.220. The van der Waals surface area contributed by atoms with Gasteiger partial charge in [-0.2, -0.15) is 0 Å². The molecule has 0 aromatic rings. The Morgan fingerprint density at radius 1 is 1.60 bits per heavy atom. The zero-order chi connectivity index (χ0) is 7.61. The Morgan fingerprint density at radius 2 is 2.30 bits per heavy atom. The largest absolute Gasteiger partial charge is 0.381 e. The maximum Gasteiger partial charge on any atom is 0.265 e. The summed E-state index contributed by atoms with van der Waals surface area (Å²) in [4.78, 5) is 0. The summed E-state index contributed by atoms with van der Waals surface area (Å²) in [5, 5.41) is 0. The third-order valence-corrected chi connectivity index (χ3v) is 1.80. The number of nitrogens with two attached hydrogens (primary N) is 1. The fourth-order valence-corrected chi connectivity index (χ4v) is 1.03. The molecule has 0 amide bonds. The van der Waals surface area contributed by atoms with Gasteiger partial charge in [-0.1, -0.05) is 0 Å². The van der Waals surface area contributed by atoms with Gasteiger partial charge in [0, 0.05) is 12.5 Å². The van der Waals surface area contributed by atoms with Crippen molar-refractivity contribution in [3.8, 4) is 0 Å². The van der Waals surface area contributed by atoms with Gasteiger partial charge in [0.05, 0.1) is 13.2 Å². The monoisotopic (exact) mass is 151 g/mol. The number of hydrogen-bond donors (Lipinski definition) is 1. The molecule has 1 unspecified atom stereocenters. The average Bonchev–Trinajstić information content (AvgIpc) is 2.38. The van der Waals surface area contributed by atoms with Gasteiger partial charge in [-0.05, 0) is 6.42 Å². The van der Waals surface area contributed by atoms with Crippen LogP contribution in [0.1, 0.15) is 6.42 Å². The molecule has 4 heteroatoms. The highest BCUT2D eigenvalue weighted by Crippen LogP contribution is 2.29. The van der Waals surface area contributed by atoms with E-state index in [4.69, 9.17) is 10.5 Å². The SMILES string of the molecule is NCC(F)(F)C1CCOC1. The molecule has 0 aromatic carbocycles.